The first kappa shape index (κ1) is 26.2. The highest BCUT2D eigenvalue weighted by Gasteiger charge is 2.33. The predicted octanol–water partition coefficient (Wildman–Crippen LogP) is 5.65. The Hall–Kier alpha value is -3.89. The number of ether oxygens (including phenoxy) is 2. The Morgan fingerprint density at radius 2 is 1.86 bits per heavy atom. The van der Waals surface area contributed by atoms with E-state index in [0.717, 1.165) is 22.6 Å². The number of benzene rings is 2. The van der Waals surface area contributed by atoms with E-state index in [4.69, 9.17) is 14.5 Å². The molecule has 0 radical (unpaired) electrons. The van der Waals surface area contributed by atoms with Crippen LogP contribution in [0.25, 0.3) is 11.8 Å². The summed E-state index contributed by atoms with van der Waals surface area (Å²) in [6.45, 7) is 4.94. The molecular weight excluding hydrogens is 492 g/mol. The van der Waals surface area contributed by atoms with E-state index in [1.54, 1.807) is 18.1 Å². The van der Waals surface area contributed by atoms with Gasteiger partial charge in [-0.15, -0.1) is 0 Å². The molecule has 1 aliphatic rings. The maximum absolute atomic E-state index is 13.4. The molecule has 2 heterocycles. The number of hydrogen-bond acceptors (Lipinski definition) is 7. The fraction of sp³-hybridized carbons (Fsp3) is 0.259. The number of nitro benzene ring substituents is 1. The van der Waals surface area contributed by atoms with Crippen molar-refractivity contribution >= 4 is 40.3 Å². The van der Waals surface area contributed by atoms with Gasteiger partial charge in [0.2, 0.25) is 0 Å². The second-order valence-electron chi connectivity index (χ2n) is 8.42. The standard InChI is InChI=1S/C27H28N4O5S/c1-18-15-20(19(2)30(18)23-12-11-22(31(33)34)17-24(23)36-4)16-25-26(32)29(13-8-14-35-3)27(37-25)28-21-9-6-5-7-10-21/h5-7,9-12,15-17H,8,13-14H2,1-4H3/b25-16-,28-27?. The number of carbonyl (C=O) groups excluding carboxylic acids is 1. The monoisotopic (exact) mass is 520 g/mol. The minimum Gasteiger partial charge on any atom is -0.494 e. The van der Waals surface area contributed by atoms with Gasteiger partial charge in [-0.1, -0.05) is 18.2 Å². The lowest BCUT2D eigenvalue weighted by Crippen LogP contribution is -2.30. The lowest BCUT2D eigenvalue weighted by atomic mass is 10.2. The van der Waals surface area contributed by atoms with Gasteiger partial charge in [-0.25, -0.2) is 4.99 Å². The number of para-hydroxylation sites is 1. The predicted molar refractivity (Wildman–Crippen MR) is 146 cm³/mol. The van der Waals surface area contributed by atoms with Crippen LogP contribution in [-0.2, 0) is 9.53 Å². The summed E-state index contributed by atoms with van der Waals surface area (Å²) in [5, 5.41) is 11.8. The average Bonchev–Trinajstić information content (AvgIpc) is 3.33. The fourth-order valence-electron chi connectivity index (χ4n) is 4.18. The van der Waals surface area contributed by atoms with E-state index >= 15 is 0 Å². The summed E-state index contributed by atoms with van der Waals surface area (Å²) in [6.07, 6.45) is 2.57. The average molecular weight is 521 g/mol. The van der Waals surface area contributed by atoms with E-state index in [1.807, 2.05) is 60.9 Å². The van der Waals surface area contributed by atoms with Gasteiger partial charge in [0.25, 0.3) is 11.6 Å². The number of nitro groups is 1. The van der Waals surface area contributed by atoms with Crippen molar-refractivity contribution in [3.63, 3.8) is 0 Å². The Kier molecular flexibility index (Phi) is 8.10. The first-order valence-corrected chi connectivity index (χ1v) is 12.5. The van der Waals surface area contributed by atoms with E-state index < -0.39 is 4.92 Å². The van der Waals surface area contributed by atoms with Crippen LogP contribution in [0.3, 0.4) is 0 Å². The maximum Gasteiger partial charge on any atom is 0.273 e. The minimum absolute atomic E-state index is 0.0443. The van der Waals surface area contributed by atoms with Gasteiger partial charge in [0.1, 0.15) is 5.75 Å². The first-order chi connectivity index (χ1) is 17.8. The van der Waals surface area contributed by atoms with Crippen LogP contribution in [-0.4, -0.2) is 52.8 Å². The highest BCUT2D eigenvalue weighted by atomic mass is 32.2. The third-order valence-corrected chi connectivity index (χ3v) is 6.98. The number of non-ortho nitro benzene ring substituents is 1. The summed E-state index contributed by atoms with van der Waals surface area (Å²) in [5.41, 5.74) is 4.07. The largest absolute Gasteiger partial charge is 0.494 e. The van der Waals surface area contributed by atoms with E-state index in [-0.39, 0.29) is 11.6 Å². The molecule has 1 fully saturated rings. The quantitative estimate of drug-likeness (QED) is 0.156. The van der Waals surface area contributed by atoms with Crippen molar-refractivity contribution in [1.82, 2.24) is 9.47 Å². The maximum atomic E-state index is 13.4. The number of thioether (sulfide) groups is 1. The Bertz CT molecular complexity index is 1380. The number of aromatic nitrogens is 1. The van der Waals surface area contributed by atoms with Crippen LogP contribution >= 0.6 is 11.8 Å². The molecule has 1 aromatic heterocycles. The van der Waals surface area contributed by atoms with Gasteiger partial charge in [0.05, 0.1) is 34.4 Å². The number of methoxy groups -OCH3 is 2. The SMILES string of the molecule is COCCCN1C(=O)/C(=C/c2cc(C)n(-c3ccc([N+](=O)[O-])cc3OC)c2C)SC1=Nc1ccccc1. The van der Waals surface area contributed by atoms with Crippen LogP contribution < -0.4 is 4.74 Å². The zero-order valence-electron chi connectivity index (χ0n) is 21.1. The van der Waals surface area contributed by atoms with Crippen LogP contribution in [0.1, 0.15) is 23.4 Å². The molecule has 9 nitrogen and oxygen atoms in total. The molecular formula is C27H28N4O5S. The normalized spacial score (nSPS) is 15.7. The molecule has 0 spiro atoms. The van der Waals surface area contributed by atoms with Crippen LogP contribution in [0, 0.1) is 24.0 Å². The number of hydrogen-bond donors (Lipinski definition) is 0. The third kappa shape index (κ3) is 5.60. The Balaban J connectivity index is 1.71. The van der Waals surface area contributed by atoms with E-state index in [9.17, 15) is 14.9 Å². The number of carbonyl (C=O) groups is 1. The molecule has 1 amide bonds. The second-order valence-corrected chi connectivity index (χ2v) is 9.43. The Morgan fingerprint density at radius 3 is 2.54 bits per heavy atom. The van der Waals surface area contributed by atoms with Gasteiger partial charge in [-0.2, -0.15) is 0 Å². The van der Waals surface area contributed by atoms with Gasteiger partial charge in [-0.3, -0.25) is 19.8 Å². The third-order valence-electron chi connectivity index (χ3n) is 5.97. The number of aliphatic imine (C=N–C) groups is 1. The molecule has 2 aromatic carbocycles. The van der Waals surface area contributed by atoms with Crippen molar-refractivity contribution in [3.8, 4) is 11.4 Å². The van der Waals surface area contributed by atoms with Crippen molar-refractivity contribution in [2.24, 2.45) is 4.99 Å². The molecule has 0 saturated carbocycles. The molecule has 0 unspecified atom stereocenters. The van der Waals surface area contributed by atoms with Crippen LogP contribution in [0.2, 0.25) is 0 Å². The molecule has 1 saturated heterocycles. The van der Waals surface area contributed by atoms with Gasteiger partial charge in [0.15, 0.2) is 5.17 Å². The summed E-state index contributed by atoms with van der Waals surface area (Å²) < 4.78 is 12.6. The molecule has 3 aromatic rings. The molecule has 0 aliphatic carbocycles. The van der Waals surface area contributed by atoms with Crippen LogP contribution in [0.5, 0.6) is 5.75 Å². The summed E-state index contributed by atoms with van der Waals surface area (Å²) in [6, 6.07) is 16.1. The minimum atomic E-state index is -0.451. The highest BCUT2D eigenvalue weighted by molar-refractivity contribution is 8.18. The lowest BCUT2D eigenvalue weighted by molar-refractivity contribution is -0.384. The zero-order valence-corrected chi connectivity index (χ0v) is 21.9. The molecule has 4 rings (SSSR count). The van der Waals surface area contributed by atoms with Crippen molar-refractivity contribution in [3.05, 3.63) is 86.6 Å². The number of nitrogens with zero attached hydrogens (tertiary/aromatic N) is 4. The topological polar surface area (TPSA) is 99.2 Å². The van der Waals surface area contributed by atoms with E-state index in [1.165, 1.54) is 31.0 Å². The zero-order chi connectivity index (χ0) is 26.5. The Morgan fingerprint density at radius 1 is 1.11 bits per heavy atom. The van der Waals surface area contributed by atoms with Crippen molar-refractivity contribution < 1.29 is 19.2 Å². The fourth-order valence-corrected chi connectivity index (χ4v) is 5.19. The van der Waals surface area contributed by atoms with Gasteiger partial charge < -0.3 is 14.0 Å². The van der Waals surface area contributed by atoms with Crippen molar-refractivity contribution in [2.75, 3.05) is 27.4 Å². The molecule has 1 aliphatic heterocycles. The number of rotatable bonds is 9. The van der Waals surface area contributed by atoms with Crippen LogP contribution in [0.15, 0.2) is 64.5 Å². The smallest absolute Gasteiger partial charge is 0.273 e. The van der Waals surface area contributed by atoms with Crippen molar-refractivity contribution in [1.29, 1.82) is 0 Å². The number of aryl methyl sites for hydroxylation is 1. The summed E-state index contributed by atoms with van der Waals surface area (Å²) in [5.74, 6) is 0.289. The summed E-state index contributed by atoms with van der Waals surface area (Å²) in [7, 11) is 3.12. The van der Waals surface area contributed by atoms with Gasteiger partial charge >= 0.3 is 0 Å². The highest BCUT2D eigenvalue weighted by Crippen LogP contribution is 2.36. The summed E-state index contributed by atoms with van der Waals surface area (Å²) in [4.78, 5) is 31.2. The number of amides is 1. The van der Waals surface area contributed by atoms with Crippen molar-refractivity contribution in [2.45, 2.75) is 20.3 Å². The summed E-state index contributed by atoms with van der Waals surface area (Å²) >= 11 is 1.34. The molecule has 37 heavy (non-hydrogen) atoms. The second kappa shape index (κ2) is 11.4. The number of amidine groups is 1. The van der Waals surface area contributed by atoms with E-state index in [0.29, 0.717) is 41.1 Å². The lowest BCUT2D eigenvalue weighted by Gasteiger charge is -2.15. The Labute approximate surface area is 219 Å². The van der Waals surface area contributed by atoms with E-state index in [2.05, 4.69) is 0 Å². The molecule has 192 valence electrons. The molecule has 0 bridgehead atoms. The molecule has 0 N–H and O–H groups in total. The van der Waals surface area contributed by atoms with Crippen LogP contribution in [0.4, 0.5) is 11.4 Å². The van der Waals surface area contributed by atoms with Gasteiger partial charge in [0, 0.05) is 37.7 Å². The van der Waals surface area contributed by atoms with Gasteiger partial charge in [-0.05, 0) is 67.9 Å². The first-order valence-electron chi connectivity index (χ1n) is 11.7. The molecule has 10 heteroatoms. The molecule has 0 atom stereocenters.